The maximum atomic E-state index is 12.1. The highest BCUT2D eigenvalue weighted by Crippen LogP contribution is 2.23. The zero-order chi connectivity index (χ0) is 13.8. The van der Waals surface area contributed by atoms with E-state index < -0.39 is 18.7 Å². The van der Waals surface area contributed by atoms with Gasteiger partial charge in [-0.1, -0.05) is 13.8 Å². The van der Waals surface area contributed by atoms with Crippen molar-refractivity contribution in [3.8, 4) is 0 Å². The predicted molar refractivity (Wildman–Crippen MR) is 62.2 cm³/mol. The molecular formula is C12H19F3N2O. The Hall–Kier alpha value is -1.04. The number of hydrogen-bond acceptors (Lipinski definition) is 2. The molecule has 0 aliphatic rings. The minimum absolute atomic E-state index is 0.0628. The van der Waals surface area contributed by atoms with Gasteiger partial charge in [0.1, 0.15) is 0 Å². The van der Waals surface area contributed by atoms with Crippen LogP contribution in [0.15, 0.2) is 12.3 Å². The van der Waals surface area contributed by atoms with E-state index in [1.807, 2.05) is 13.8 Å². The molecule has 0 aliphatic heterocycles. The van der Waals surface area contributed by atoms with E-state index in [9.17, 15) is 18.3 Å². The molecule has 1 rings (SSSR count). The van der Waals surface area contributed by atoms with Crippen molar-refractivity contribution in [1.82, 2.24) is 9.78 Å². The van der Waals surface area contributed by atoms with Gasteiger partial charge in [0.05, 0.1) is 24.3 Å². The number of aliphatic hydroxyl groups excluding tert-OH is 1. The van der Waals surface area contributed by atoms with Crippen molar-refractivity contribution in [2.45, 2.75) is 57.9 Å². The van der Waals surface area contributed by atoms with Crippen LogP contribution in [0.25, 0.3) is 0 Å². The van der Waals surface area contributed by atoms with Gasteiger partial charge < -0.3 is 5.11 Å². The zero-order valence-corrected chi connectivity index (χ0v) is 10.6. The first-order valence-corrected chi connectivity index (χ1v) is 6.14. The second kappa shape index (κ2) is 6.22. The summed E-state index contributed by atoms with van der Waals surface area (Å²) in [5.41, 5.74) is 0.499. The Morgan fingerprint density at radius 1 is 1.33 bits per heavy atom. The van der Waals surface area contributed by atoms with Crippen molar-refractivity contribution < 1.29 is 18.3 Å². The van der Waals surface area contributed by atoms with E-state index in [0.29, 0.717) is 5.69 Å². The maximum Gasteiger partial charge on any atom is 0.391 e. The molecule has 6 heteroatoms. The Bertz CT molecular complexity index is 358. The molecular weight excluding hydrogens is 245 g/mol. The van der Waals surface area contributed by atoms with Crippen LogP contribution in [0.1, 0.15) is 44.8 Å². The zero-order valence-electron chi connectivity index (χ0n) is 10.6. The molecule has 0 spiro atoms. The summed E-state index contributed by atoms with van der Waals surface area (Å²) >= 11 is 0. The Morgan fingerprint density at radius 2 is 1.94 bits per heavy atom. The quantitative estimate of drug-likeness (QED) is 0.857. The van der Waals surface area contributed by atoms with E-state index in [2.05, 4.69) is 5.10 Å². The summed E-state index contributed by atoms with van der Waals surface area (Å²) in [6.07, 6.45) is -3.41. The predicted octanol–water partition coefficient (Wildman–Crippen LogP) is 3.10. The molecule has 0 saturated heterocycles. The number of aromatic nitrogens is 2. The van der Waals surface area contributed by atoms with Gasteiger partial charge in [-0.05, 0) is 18.9 Å². The molecule has 0 aromatic carbocycles. The van der Waals surface area contributed by atoms with Gasteiger partial charge in [-0.25, -0.2) is 0 Å². The van der Waals surface area contributed by atoms with E-state index in [1.54, 1.807) is 16.9 Å². The first kappa shape index (κ1) is 15.0. The standard InChI is InChI=1S/C12H19F3N2O/c1-3-10(4-2)17-6-5-9(16-17)7-11(18)8-12(13,14)15/h5-6,10-11,18H,3-4,7-8H2,1-2H3. The summed E-state index contributed by atoms with van der Waals surface area (Å²) in [7, 11) is 0. The van der Waals surface area contributed by atoms with Crippen LogP contribution < -0.4 is 0 Å². The molecule has 1 aromatic rings. The monoisotopic (exact) mass is 264 g/mol. The third-order valence-corrected chi connectivity index (χ3v) is 2.89. The Balaban J connectivity index is 2.58. The molecule has 0 radical (unpaired) electrons. The van der Waals surface area contributed by atoms with Gasteiger partial charge in [0.25, 0.3) is 0 Å². The normalized spacial score (nSPS) is 14.2. The topological polar surface area (TPSA) is 38.0 Å². The molecule has 0 fully saturated rings. The number of hydrogen-bond donors (Lipinski definition) is 1. The lowest BCUT2D eigenvalue weighted by atomic mass is 10.1. The first-order valence-electron chi connectivity index (χ1n) is 6.14. The second-order valence-corrected chi connectivity index (χ2v) is 4.43. The van der Waals surface area contributed by atoms with E-state index in [4.69, 9.17) is 0 Å². The van der Waals surface area contributed by atoms with Crippen molar-refractivity contribution in [3.63, 3.8) is 0 Å². The van der Waals surface area contributed by atoms with Gasteiger partial charge in [0, 0.05) is 12.6 Å². The molecule has 1 heterocycles. The van der Waals surface area contributed by atoms with Gasteiger partial charge in [0.2, 0.25) is 0 Å². The first-order chi connectivity index (χ1) is 8.35. The molecule has 1 atom stereocenters. The molecule has 104 valence electrons. The SMILES string of the molecule is CCC(CC)n1ccc(CC(O)CC(F)(F)F)n1. The summed E-state index contributed by atoms with van der Waals surface area (Å²) in [6.45, 7) is 4.07. The number of aliphatic hydroxyl groups is 1. The molecule has 0 amide bonds. The summed E-state index contributed by atoms with van der Waals surface area (Å²) in [5.74, 6) is 0. The van der Waals surface area contributed by atoms with Crippen LogP contribution in [0, 0.1) is 0 Å². The van der Waals surface area contributed by atoms with E-state index in [1.165, 1.54) is 0 Å². The molecule has 1 unspecified atom stereocenters. The van der Waals surface area contributed by atoms with Gasteiger partial charge in [-0.2, -0.15) is 18.3 Å². The van der Waals surface area contributed by atoms with Crippen LogP contribution >= 0.6 is 0 Å². The second-order valence-electron chi connectivity index (χ2n) is 4.43. The number of rotatable bonds is 6. The minimum Gasteiger partial charge on any atom is -0.392 e. The molecule has 1 aromatic heterocycles. The summed E-state index contributed by atoms with van der Waals surface area (Å²) < 4.78 is 38.0. The molecule has 0 bridgehead atoms. The van der Waals surface area contributed by atoms with Crippen molar-refractivity contribution in [1.29, 1.82) is 0 Å². The summed E-state index contributed by atoms with van der Waals surface area (Å²) in [5, 5.41) is 13.5. The van der Waals surface area contributed by atoms with Crippen LogP contribution in [-0.4, -0.2) is 27.2 Å². The van der Waals surface area contributed by atoms with E-state index >= 15 is 0 Å². The van der Waals surface area contributed by atoms with Gasteiger partial charge >= 0.3 is 6.18 Å². The number of halogens is 3. The number of alkyl halides is 3. The number of nitrogens with zero attached hydrogens (tertiary/aromatic N) is 2. The van der Waals surface area contributed by atoms with Crippen molar-refractivity contribution >= 4 is 0 Å². The fraction of sp³-hybridized carbons (Fsp3) is 0.750. The van der Waals surface area contributed by atoms with Gasteiger partial charge in [0.15, 0.2) is 0 Å². The lowest BCUT2D eigenvalue weighted by Crippen LogP contribution is -2.21. The highest BCUT2D eigenvalue weighted by molar-refractivity contribution is 5.01. The van der Waals surface area contributed by atoms with Gasteiger partial charge in [-0.15, -0.1) is 0 Å². The Morgan fingerprint density at radius 3 is 2.44 bits per heavy atom. The van der Waals surface area contributed by atoms with Gasteiger partial charge in [-0.3, -0.25) is 4.68 Å². The fourth-order valence-electron chi connectivity index (χ4n) is 1.93. The van der Waals surface area contributed by atoms with Crippen LogP contribution in [0.2, 0.25) is 0 Å². The molecule has 0 aliphatic carbocycles. The Kier molecular flexibility index (Phi) is 5.19. The highest BCUT2D eigenvalue weighted by Gasteiger charge is 2.31. The molecule has 3 nitrogen and oxygen atoms in total. The average Bonchev–Trinajstić information content (AvgIpc) is 2.65. The van der Waals surface area contributed by atoms with E-state index in [-0.39, 0.29) is 12.5 Å². The average molecular weight is 264 g/mol. The molecule has 0 saturated carbocycles. The van der Waals surface area contributed by atoms with Crippen LogP contribution in [-0.2, 0) is 6.42 Å². The highest BCUT2D eigenvalue weighted by atomic mass is 19.4. The minimum atomic E-state index is -4.34. The smallest absolute Gasteiger partial charge is 0.391 e. The fourth-order valence-corrected chi connectivity index (χ4v) is 1.93. The lowest BCUT2D eigenvalue weighted by Gasteiger charge is -2.13. The van der Waals surface area contributed by atoms with Crippen LogP contribution in [0.4, 0.5) is 13.2 Å². The van der Waals surface area contributed by atoms with Crippen molar-refractivity contribution in [2.24, 2.45) is 0 Å². The van der Waals surface area contributed by atoms with Crippen LogP contribution in [0.3, 0.4) is 0 Å². The lowest BCUT2D eigenvalue weighted by molar-refractivity contribution is -0.153. The van der Waals surface area contributed by atoms with E-state index in [0.717, 1.165) is 12.8 Å². The summed E-state index contributed by atoms with van der Waals surface area (Å²) in [6, 6.07) is 1.93. The van der Waals surface area contributed by atoms with Crippen molar-refractivity contribution in [3.05, 3.63) is 18.0 Å². The third-order valence-electron chi connectivity index (χ3n) is 2.89. The molecule has 18 heavy (non-hydrogen) atoms. The maximum absolute atomic E-state index is 12.1. The largest absolute Gasteiger partial charge is 0.392 e. The Labute approximate surface area is 105 Å². The third kappa shape index (κ3) is 4.68. The molecule has 1 N–H and O–H groups in total. The summed E-state index contributed by atoms with van der Waals surface area (Å²) in [4.78, 5) is 0. The van der Waals surface area contributed by atoms with Crippen molar-refractivity contribution in [2.75, 3.05) is 0 Å². The van der Waals surface area contributed by atoms with Crippen LogP contribution in [0.5, 0.6) is 0 Å².